The van der Waals surface area contributed by atoms with Gasteiger partial charge in [0.25, 0.3) is 10.1 Å². The highest BCUT2D eigenvalue weighted by Crippen LogP contribution is 2.41. The lowest BCUT2D eigenvalue weighted by Crippen LogP contribution is -2.42. The van der Waals surface area contributed by atoms with Gasteiger partial charge in [-0.1, -0.05) is 13.8 Å². The van der Waals surface area contributed by atoms with Crippen LogP contribution in [0.4, 0.5) is 0 Å². The van der Waals surface area contributed by atoms with Crippen LogP contribution in [0, 0.1) is 0 Å². The van der Waals surface area contributed by atoms with Crippen molar-refractivity contribution in [2.24, 2.45) is 0 Å². The van der Waals surface area contributed by atoms with Gasteiger partial charge in [-0.05, 0) is 25.8 Å². The second-order valence-electron chi connectivity index (χ2n) is 5.74. The number of carbonyl (C=O) groups excluding carboxylic acids is 1. The van der Waals surface area contributed by atoms with Crippen LogP contribution in [0.1, 0.15) is 40.0 Å². The normalized spacial score (nSPS) is 29.7. The summed E-state index contributed by atoms with van der Waals surface area (Å²) in [5.74, 6) is -1.27. The highest BCUT2D eigenvalue weighted by molar-refractivity contribution is 7.86. The summed E-state index contributed by atoms with van der Waals surface area (Å²) >= 11 is 0. The van der Waals surface area contributed by atoms with E-state index in [1.54, 1.807) is 13.0 Å². The highest BCUT2D eigenvalue weighted by Gasteiger charge is 2.51. The van der Waals surface area contributed by atoms with E-state index in [4.69, 9.17) is 18.4 Å². The molecule has 132 valence electrons. The van der Waals surface area contributed by atoms with Gasteiger partial charge < -0.3 is 14.2 Å². The third-order valence-electron chi connectivity index (χ3n) is 4.09. The van der Waals surface area contributed by atoms with E-state index < -0.39 is 40.2 Å². The van der Waals surface area contributed by atoms with Crippen molar-refractivity contribution in [3.05, 3.63) is 11.6 Å². The molecule has 1 aliphatic carbocycles. The number of hydrogen-bond donors (Lipinski definition) is 0. The minimum absolute atomic E-state index is 0.111. The summed E-state index contributed by atoms with van der Waals surface area (Å²) in [4.78, 5) is 12.0. The average Bonchev–Trinajstić information content (AvgIpc) is 2.85. The van der Waals surface area contributed by atoms with Crippen LogP contribution in [0.15, 0.2) is 11.6 Å². The van der Waals surface area contributed by atoms with E-state index in [2.05, 4.69) is 0 Å². The maximum atomic E-state index is 12.0. The molecule has 3 atom stereocenters. The lowest BCUT2D eigenvalue weighted by atomic mass is 9.92. The largest absolute Gasteiger partial charge is 0.463 e. The van der Waals surface area contributed by atoms with Crippen molar-refractivity contribution < 1.29 is 31.6 Å². The molecule has 1 saturated heterocycles. The molecule has 0 aromatic carbocycles. The molecule has 23 heavy (non-hydrogen) atoms. The number of carbonyl (C=O) groups is 1. The van der Waals surface area contributed by atoms with Gasteiger partial charge in [0.2, 0.25) is 0 Å². The van der Waals surface area contributed by atoms with Crippen LogP contribution >= 0.6 is 0 Å². The van der Waals surface area contributed by atoms with E-state index in [0.29, 0.717) is 18.4 Å². The second kappa shape index (κ2) is 6.88. The van der Waals surface area contributed by atoms with Crippen LogP contribution in [0.25, 0.3) is 0 Å². The zero-order chi connectivity index (χ0) is 17.3. The maximum Gasteiger partial charge on any atom is 0.333 e. The predicted molar refractivity (Wildman–Crippen MR) is 82.1 cm³/mol. The number of hydrogen-bond acceptors (Lipinski definition) is 7. The summed E-state index contributed by atoms with van der Waals surface area (Å²) in [7, 11) is -3.69. The first kappa shape index (κ1) is 18.4. The Morgan fingerprint density at radius 2 is 1.96 bits per heavy atom. The molecular weight excluding hydrogens is 324 g/mol. The first-order valence-electron chi connectivity index (χ1n) is 7.85. The third-order valence-corrected chi connectivity index (χ3v) is 4.69. The topological polar surface area (TPSA) is 88.1 Å². The first-order valence-corrected chi connectivity index (χ1v) is 9.67. The van der Waals surface area contributed by atoms with Gasteiger partial charge in [0, 0.05) is 12.0 Å². The van der Waals surface area contributed by atoms with Gasteiger partial charge in [-0.2, -0.15) is 8.42 Å². The fourth-order valence-corrected chi connectivity index (χ4v) is 3.57. The van der Waals surface area contributed by atoms with Crippen LogP contribution in [0.3, 0.4) is 0 Å². The molecule has 1 fully saturated rings. The number of esters is 1. The predicted octanol–water partition coefficient (Wildman–Crippen LogP) is 1.52. The quantitative estimate of drug-likeness (QED) is 0.531. The van der Waals surface area contributed by atoms with Gasteiger partial charge >= 0.3 is 5.97 Å². The van der Waals surface area contributed by atoms with Crippen molar-refractivity contribution in [2.45, 2.75) is 64.1 Å². The van der Waals surface area contributed by atoms with Crippen LogP contribution in [-0.2, 0) is 33.3 Å². The Morgan fingerprint density at radius 3 is 2.48 bits per heavy atom. The summed E-state index contributed by atoms with van der Waals surface area (Å²) in [5, 5.41) is 0. The standard InChI is InChI=1S/C15H24O7S/c1-5-15(6-2)20-11-8-10(14(16)19-7-3)9-12(13(11)21-15)22-23(4,17)18/h8,11-13H,5-7,9H2,1-4H3/t11-,12-,13-/m1/s1. The van der Waals surface area contributed by atoms with E-state index >= 15 is 0 Å². The Hall–Kier alpha value is -0.960. The summed E-state index contributed by atoms with van der Waals surface area (Å²) in [5.41, 5.74) is 0.355. The molecule has 0 aromatic rings. The molecule has 1 heterocycles. The molecule has 0 aromatic heterocycles. The van der Waals surface area contributed by atoms with Gasteiger partial charge in [-0.15, -0.1) is 0 Å². The van der Waals surface area contributed by atoms with E-state index in [0.717, 1.165) is 6.26 Å². The van der Waals surface area contributed by atoms with E-state index in [1.165, 1.54) is 0 Å². The molecule has 0 amide bonds. The molecule has 2 aliphatic rings. The van der Waals surface area contributed by atoms with E-state index in [1.807, 2.05) is 13.8 Å². The van der Waals surface area contributed by atoms with Crippen molar-refractivity contribution in [3.8, 4) is 0 Å². The molecule has 7 nitrogen and oxygen atoms in total. The molecule has 0 unspecified atom stereocenters. The summed E-state index contributed by atoms with van der Waals surface area (Å²) in [6.45, 7) is 5.82. The fraction of sp³-hybridized carbons (Fsp3) is 0.800. The Bertz CT molecular complexity index is 577. The smallest absolute Gasteiger partial charge is 0.333 e. The Balaban J connectivity index is 2.30. The summed E-state index contributed by atoms with van der Waals surface area (Å²) in [6.07, 6.45) is 2.08. The maximum absolute atomic E-state index is 12.0. The molecule has 0 spiro atoms. The fourth-order valence-electron chi connectivity index (χ4n) is 2.95. The zero-order valence-electron chi connectivity index (χ0n) is 13.9. The third kappa shape index (κ3) is 4.12. The molecular formula is C15H24O7S. The summed E-state index contributed by atoms with van der Waals surface area (Å²) < 4.78 is 45.2. The van der Waals surface area contributed by atoms with Gasteiger partial charge in [0.05, 0.1) is 12.9 Å². The van der Waals surface area contributed by atoms with Crippen molar-refractivity contribution in [2.75, 3.05) is 12.9 Å². The molecule has 0 saturated carbocycles. The minimum atomic E-state index is -3.69. The van der Waals surface area contributed by atoms with Crippen LogP contribution in [0.5, 0.6) is 0 Å². The van der Waals surface area contributed by atoms with Gasteiger partial charge in [0.1, 0.15) is 18.3 Å². The lowest BCUT2D eigenvalue weighted by molar-refractivity contribution is -0.182. The average molecular weight is 348 g/mol. The Kier molecular flexibility index (Phi) is 5.50. The van der Waals surface area contributed by atoms with Crippen molar-refractivity contribution in [3.63, 3.8) is 0 Å². The molecule has 0 N–H and O–H groups in total. The van der Waals surface area contributed by atoms with Gasteiger partial charge in [0.15, 0.2) is 5.79 Å². The van der Waals surface area contributed by atoms with E-state index in [9.17, 15) is 13.2 Å². The van der Waals surface area contributed by atoms with Crippen molar-refractivity contribution in [1.82, 2.24) is 0 Å². The lowest BCUT2D eigenvalue weighted by Gasteiger charge is -2.29. The number of ether oxygens (including phenoxy) is 3. The van der Waals surface area contributed by atoms with Crippen LogP contribution in [0.2, 0.25) is 0 Å². The monoisotopic (exact) mass is 348 g/mol. The molecule has 8 heteroatoms. The second-order valence-corrected chi connectivity index (χ2v) is 7.34. The first-order chi connectivity index (χ1) is 10.7. The number of fused-ring (bicyclic) bond motifs is 1. The highest BCUT2D eigenvalue weighted by atomic mass is 32.2. The van der Waals surface area contributed by atoms with Gasteiger partial charge in [-0.3, -0.25) is 4.18 Å². The summed E-state index contributed by atoms with van der Waals surface area (Å²) in [6, 6.07) is 0. The van der Waals surface area contributed by atoms with Crippen LogP contribution in [-0.4, -0.2) is 51.3 Å². The van der Waals surface area contributed by atoms with Crippen molar-refractivity contribution in [1.29, 1.82) is 0 Å². The minimum Gasteiger partial charge on any atom is -0.463 e. The molecule has 0 bridgehead atoms. The van der Waals surface area contributed by atoms with Crippen LogP contribution < -0.4 is 0 Å². The Labute approximate surface area is 137 Å². The molecule has 1 aliphatic heterocycles. The SMILES string of the molecule is CCOC(=O)C1=C[C@H]2OC(CC)(CC)O[C@H]2[C@H](OS(C)(=O)=O)C1. The number of rotatable bonds is 6. The van der Waals surface area contributed by atoms with E-state index in [-0.39, 0.29) is 13.0 Å². The van der Waals surface area contributed by atoms with Crippen molar-refractivity contribution >= 4 is 16.1 Å². The van der Waals surface area contributed by atoms with Gasteiger partial charge in [-0.25, -0.2) is 4.79 Å². The Morgan fingerprint density at radius 1 is 1.30 bits per heavy atom. The molecule has 2 rings (SSSR count). The molecule has 0 radical (unpaired) electrons. The zero-order valence-corrected chi connectivity index (χ0v) is 14.7.